The van der Waals surface area contributed by atoms with E-state index >= 15 is 0 Å². The lowest BCUT2D eigenvalue weighted by atomic mass is 9.59. The molecule has 8 aromatic carbocycles. The Morgan fingerprint density at radius 2 is 1.18 bits per heavy atom. The van der Waals surface area contributed by atoms with Crippen LogP contribution in [0.2, 0.25) is 0 Å². The van der Waals surface area contributed by atoms with E-state index in [0.717, 1.165) is 38.8 Å². The van der Waals surface area contributed by atoms with Gasteiger partial charge in [0.15, 0.2) is 7.28 Å². The zero-order valence-corrected chi connectivity index (χ0v) is 37.2. The normalized spacial score (nSPS) is 13.1. The van der Waals surface area contributed by atoms with E-state index in [9.17, 15) is 0 Å². The molecule has 62 heavy (non-hydrogen) atoms. The van der Waals surface area contributed by atoms with Gasteiger partial charge in [-0.3, -0.25) is 0 Å². The van der Waals surface area contributed by atoms with Crippen molar-refractivity contribution in [1.82, 2.24) is 4.57 Å². The maximum atomic E-state index is 6.54. The van der Waals surface area contributed by atoms with Gasteiger partial charge in [0, 0.05) is 90.0 Å². The highest BCUT2D eigenvalue weighted by molar-refractivity contribution is 7.26. The summed E-state index contributed by atoms with van der Waals surface area (Å²) in [5.74, 6) is 0. The van der Waals surface area contributed by atoms with Crippen LogP contribution in [-0.2, 0) is 10.8 Å². The molecule has 0 bridgehead atoms. The molecule has 0 atom stereocenters. The summed E-state index contributed by atoms with van der Waals surface area (Å²) in [5.41, 5.74) is 15.2. The van der Waals surface area contributed by atoms with Gasteiger partial charge in [0.05, 0.1) is 5.52 Å². The van der Waals surface area contributed by atoms with E-state index in [-0.39, 0.29) is 10.8 Å². The number of nitrogens with zero attached hydrogens (tertiary/aromatic N) is 1. The molecule has 0 saturated carbocycles. The van der Waals surface area contributed by atoms with E-state index in [1.807, 2.05) is 22.7 Å². The number of hydrogen-bond donors (Lipinski definition) is 1. The van der Waals surface area contributed by atoms with Crippen molar-refractivity contribution in [2.45, 2.75) is 52.4 Å². The fraction of sp³-hybridized carbons (Fsp3) is 0.143. The van der Waals surface area contributed by atoms with Gasteiger partial charge in [0.25, 0.3) is 0 Å². The molecule has 0 spiro atoms. The van der Waals surface area contributed by atoms with Crippen LogP contribution >= 0.6 is 22.7 Å². The summed E-state index contributed by atoms with van der Waals surface area (Å²) < 4.78 is 14.3. The van der Waals surface area contributed by atoms with Crippen LogP contribution in [0, 0.1) is 0 Å². The van der Waals surface area contributed by atoms with Crippen LogP contribution in [0.1, 0.15) is 52.7 Å². The van der Waals surface area contributed by atoms with Crippen molar-refractivity contribution in [1.29, 1.82) is 0 Å². The SMILES string of the molecule is CC(C)(C)c1ccc(Nc2cc3sc4cc(C(C)(C)C)ccc4c3cc2-c2ccc3c4cc5c(cc4n4c3c2[B]c2cc3oc6ccccc6c3cc2-4)sc2ccccc25)cc1. The number of nitrogens with one attached hydrogen (secondary N) is 1. The second-order valence-corrected chi connectivity index (χ2v) is 21.4. The number of benzene rings is 8. The highest BCUT2D eigenvalue weighted by Crippen LogP contribution is 2.46. The van der Waals surface area contributed by atoms with Gasteiger partial charge in [0.2, 0.25) is 0 Å². The number of aromatic nitrogens is 1. The molecule has 1 radical (unpaired) electrons. The average molecular weight is 834 g/mol. The van der Waals surface area contributed by atoms with E-state index in [0.29, 0.717) is 0 Å². The molecule has 0 unspecified atom stereocenters. The Balaban J connectivity index is 1.11. The lowest BCUT2D eigenvalue weighted by Crippen LogP contribution is -2.37. The van der Waals surface area contributed by atoms with Gasteiger partial charge in [0.1, 0.15) is 11.2 Å². The van der Waals surface area contributed by atoms with Crippen LogP contribution < -0.4 is 16.2 Å². The van der Waals surface area contributed by atoms with E-state index in [2.05, 4.69) is 198 Å². The smallest absolute Gasteiger partial charge is 0.198 e. The van der Waals surface area contributed by atoms with E-state index in [1.165, 1.54) is 95.6 Å². The Bertz CT molecular complexity index is 3880. The summed E-state index contributed by atoms with van der Waals surface area (Å²) in [4.78, 5) is 0. The number of anilines is 2. The Morgan fingerprint density at radius 3 is 2.00 bits per heavy atom. The highest BCUT2D eigenvalue weighted by atomic mass is 32.1. The molecule has 1 aliphatic rings. The molecule has 297 valence electrons. The first-order chi connectivity index (χ1) is 29.9. The molecule has 13 rings (SSSR count). The first-order valence-corrected chi connectivity index (χ1v) is 23.2. The summed E-state index contributed by atoms with van der Waals surface area (Å²) in [6, 6.07) is 52.4. The van der Waals surface area contributed by atoms with Crippen LogP contribution in [0.4, 0.5) is 11.4 Å². The van der Waals surface area contributed by atoms with Gasteiger partial charge < -0.3 is 14.3 Å². The van der Waals surface area contributed by atoms with Crippen LogP contribution in [0.3, 0.4) is 0 Å². The quantitative estimate of drug-likeness (QED) is 0.180. The highest BCUT2D eigenvalue weighted by Gasteiger charge is 2.29. The van der Waals surface area contributed by atoms with Gasteiger partial charge in [-0.25, -0.2) is 0 Å². The first-order valence-electron chi connectivity index (χ1n) is 21.6. The summed E-state index contributed by atoms with van der Waals surface area (Å²) in [7, 11) is 2.42. The molecule has 3 nitrogen and oxygen atoms in total. The van der Waals surface area contributed by atoms with Gasteiger partial charge in [-0.1, -0.05) is 120 Å². The minimum Gasteiger partial charge on any atom is -0.456 e. The topological polar surface area (TPSA) is 30.1 Å². The number of furan rings is 1. The lowest BCUT2D eigenvalue weighted by Gasteiger charge is -2.24. The standard InChI is InChI=1S/C56H42BN2OS2/c1-55(2,3)30-15-18-32(19-16-30)58-44-28-51-41(35-20-17-31(56(4,5)6)23-50(35)62-51)24-38(44)36-21-22-37-39-25-42-34-12-8-10-14-49(34)61-52(42)29-45(39)59-46-26-40-33-11-7-9-13-47(33)60-48(40)27-43(46)57-53(36)54(37)59/h7-29,58H,1-6H3. The predicted octanol–water partition coefficient (Wildman–Crippen LogP) is 15.4. The molecular formula is C56H42BN2OS2. The minimum absolute atomic E-state index is 0.0697. The summed E-state index contributed by atoms with van der Waals surface area (Å²) in [6.07, 6.45) is 0. The second kappa shape index (κ2) is 12.6. The van der Waals surface area contributed by atoms with Crippen molar-refractivity contribution in [3.8, 4) is 16.8 Å². The molecule has 4 aromatic heterocycles. The fourth-order valence-corrected chi connectivity index (χ4v) is 12.3. The Labute approximate surface area is 368 Å². The van der Waals surface area contributed by atoms with Gasteiger partial charge >= 0.3 is 0 Å². The first kappa shape index (κ1) is 36.3. The number of para-hydroxylation sites is 1. The Kier molecular flexibility index (Phi) is 7.40. The predicted molar refractivity (Wildman–Crippen MR) is 271 cm³/mol. The lowest BCUT2D eigenvalue weighted by molar-refractivity contribution is 0.590. The Hall–Kier alpha value is -6.34. The third-order valence-corrected chi connectivity index (χ3v) is 15.6. The molecule has 12 aromatic rings. The van der Waals surface area contributed by atoms with Crippen LogP contribution in [-0.4, -0.2) is 11.8 Å². The second-order valence-electron chi connectivity index (χ2n) is 19.3. The summed E-state index contributed by atoms with van der Waals surface area (Å²) >= 11 is 3.77. The van der Waals surface area contributed by atoms with Crippen LogP contribution in [0.5, 0.6) is 0 Å². The van der Waals surface area contributed by atoms with Gasteiger partial charge in [-0.05, 0) is 99.7 Å². The van der Waals surface area contributed by atoms with Crippen LogP contribution in [0.25, 0.3) is 101 Å². The van der Waals surface area contributed by atoms with Crippen molar-refractivity contribution in [3.63, 3.8) is 0 Å². The summed E-state index contributed by atoms with van der Waals surface area (Å²) in [6.45, 7) is 13.7. The largest absolute Gasteiger partial charge is 0.456 e. The zero-order valence-electron chi connectivity index (χ0n) is 35.5. The van der Waals surface area contributed by atoms with E-state index in [1.54, 1.807) is 0 Å². The fourth-order valence-electron chi connectivity index (χ4n) is 10.0. The van der Waals surface area contributed by atoms with E-state index in [4.69, 9.17) is 4.42 Å². The maximum absolute atomic E-state index is 6.54. The van der Waals surface area contributed by atoms with Crippen molar-refractivity contribution in [2.75, 3.05) is 5.32 Å². The number of fused-ring (bicyclic) bond motifs is 14. The molecule has 6 heteroatoms. The summed E-state index contributed by atoms with van der Waals surface area (Å²) in [5, 5.41) is 14.0. The van der Waals surface area contributed by atoms with Crippen LogP contribution in [0.15, 0.2) is 144 Å². The van der Waals surface area contributed by atoms with Gasteiger partial charge in [-0.15, -0.1) is 22.7 Å². The molecule has 1 aliphatic heterocycles. The number of rotatable bonds is 3. The van der Waals surface area contributed by atoms with Gasteiger partial charge in [-0.2, -0.15) is 0 Å². The molecule has 5 heterocycles. The van der Waals surface area contributed by atoms with Crippen molar-refractivity contribution in [3.05, 3.63) is 151 Å². The van der Waals surface area contributed by atoms with Crippen molar-refractivity contribution >= 4 is 136 Å². The average Bonchev–Trinajstić information content (AvgIpc) is 4.00. The third kappa shape index (κ3) is 5.29. The Morgan fingerprint density at radius 1 is 0.500 bits per heavy atom. The molecule has 1 N–H and O–H groups in total. The molecule has 0 aliphatic carbocycles. The molecular weight excluding hydrogens is 792 g/mol. The number of thiophene rings is 2. The molecule has 0 amide bonds. The molecule has 0 saturated heterocycles. The van der Waals surface area contributed by atoms with E-state index < -0.39 is 0 Å². The monoisotopic (exact) mass is 833 g/mol. The minimum atomic E-state index is 0.0697. The molecule has 0 fully saturated rings. The number of hydrogen-bond acceptors (Lipinski definition) is 4. The van der Waals surface area contributed by atoms with Crippen molar-refractivity contribution < 1.29 is 4.42 Å². The van der Waals surface area contributed by atoms with Crippen molar-refractivity contribution in [2.24, 2.45) is 0 Å². The third-order valence-electron chi connectivity index (χ3n) is 13.3. The zero-order chi connectivity index (χ0) is 41.8. The maximum Gasteiger partial charge on any atom is 0.198 e.